The van der Waals surface area contributed by atoms with E-state index < -0.39 is 5.79 Å². The smallest absolute Gasteiger partial charge is 0.308 e. The standard InChI is InChI=1S/C12H21NO4/c1-12(10-5-4-6-13(10)2)16-8-9(17-12)7-11(14)15-3/h9-10H,4-8H2,1-3H3. The summed E-state index contributed by atoms with van der Waals surface area (Å²) < 4.78 is 16.3. The maximum Gasteiger partial charge on any atom is 0.308 e. The van der Waals surface area contributed by atoms with Gasteiger partial charge in [-0.2, -0.15) is 0 Å². The third-order valence-electron chi connectivity index (χ3n) is 3.70. The van der Waals surface area contributed by atoms with Crippen molar-refractivity contribution in [1.82, 2.24) is 4.90 Å². The summed E-state index contributed by atoms with van der Waals surface area (Å²) in [6, 6.07) is 0.283. The third kappa shape index (κ3) is 2.61. The zero-order valence-electron chi connectivity index (χ0n) is 10.8. The lowest BCUT2D eigenvalue weighted by Crippen LogP contribution is -2.47. The van der Waals surface area contributed by atoms with Crippen LogP contribution in [0.1, 0.15) is 26.2 Å². The summed E-state index contributed by atoms with van der Waals surface area (Å²) in [4.78, 5) is 13.5. The van der Waals surface area contributed by atoms with Gasteiger partial charge in [0.05, 0.1) is 32.3 Å². The van der Waals surface area contributed by atoms with Gasteiger partial charge in [0.25, 0.3) is 0 Å². The van der Waals surface area contributed by atoms with Crippen LogP contribution in [0.15, 0.2) is 0 Å². The topological polar surface area (TPSA) is 48.0 Å². The van der Waals surface area contributed by atoms with Gasteiger partial charge in [-0.3, -0.25) is 9.69 Å². The monoisotopic (exact) mass is 243 g/mol. The molecule has 2 fully saturated rings. The van der Waals surface area contributed by atoms with E-state index in [0.29, 0.717) is 6.61 Å². The fraction of sp³-hybridized carbons (Fsp3) is 0.917. The molecule has 0 N–H and O–H groups in total. The third-order valence-corrected chi connectivity index (χ3v) is 3.70. The van der Waals surface area contributed by atoms with E-state index in [1.807, 2.05) is 6.92 Å². The van der Waals surface area contributed by atoms with E-state index in [2.05, 4.69) is 16.7 Å². The Morgan fingerprint density at radius 2 is 2.35 bits per heavy atom. The Morgan fingerprint density at radius 3 is 2.94 bits per heavy atom. The number of likely N-dealkylation sites (tertiary alicyclic amines) is 1. The summed E-state index contributed by atoms with van der Waals surface area (Å²) in [6.07, 6.45) is 2.34. The van der Waals surface area contributed by atoms with Crippen LogP contribution in [0.4, 0.5) is 0 Å². The van der Waals surface area contributed by atoms with E-state index in [-0.39, 0.29) is 24.5 Å². The van der Waals surface area contributed by atoms with Crippen LogP contribution in [-0.2, 0) is 19.0 Å². The van der Waals surface area contributed by atoms with Crippen LogP contribution in [0.5, 0.6) is 0 Å². The average molecular weight is 243 g/mol. The molecular weight excluding hydrogens is 222 g/mol. The molecular formula is C12H21NO4. The van der Waals surface area contributed by atoms with Crippen molar-refractivity contribution in [2.24, 2.45) is 0 Å². The first-order valence-corrected chi connectivity index (χ1v) is 6.14. The largest absolute Gasteiger partial charge is 0.469 e. The quantitative estimate of drug-likeness (QED) is 0.685. The molecule has 0 aromatic heterocycles. The summed E-state index contributed by atoms with van der Waals surface area (Å²) in [7, 11) is 3.48. The number of likely N-dealkylation sites (N-methyl/N-ethyl adjacent to an activating group) is 1. The van der Waals surface area contributed by atoms with Crippen molar-refractivity contribution in [2.75, 3.05) is 27.3 Å². The fourth-order valence-corrected chi connectivity index (χ4v) is 2.77. The van der Waals surface area contributed by atoms with Crippen LogP contribution in [0.25, 0.3) is 0 Å². The summed E-state index contributed by atoms with van der Waals surface area (Å²) in [5, 5.41) is 0. The number of methoxy groups -OCH3 is 1. The molecule has 98 valence electrons. The molecule has 2 aliphatic rings. The number of hydrogen-bond acceptors (Lipinski definition) is 5. The van der Waals surface area contributed by atoms with Crippen molar-refractivity contribution in [3.05, 3.63) is 0 Å². The van der Waals surface area contributed by atoms with Crippen LogP contribution in [0.2, 0.25) is 0 Å². The molecule has 17 heavy (non-hydrogen) atoms. The zero-order valence-corrected chi connectivity index (χ0v) is 10.8. The van der Waals surface area contributed by atoms with Gasteiger partial charge >= 0.3 is 5.97 Å². The van der Waals surface area contributed by atoms with Gasteiger partial charge < -0.3 is 14.2 Å². The molecule has 0 radical (unpaired) electrons. The number of carbonyl (C=O) groups is 1. The van der Waals surface area contributed by atoms with Gasteiger partial charge in [-0.1, -0.05) is 0 Å². The van der Waals surface area contributed by atoms with Crippen LogP contribution >= 0.6 is 0 Å². The van der Waals surface area contributed by atoms with Gasteiger partial charge in [-0.25, -0.2) is 0 Å². The molecule has 0 spiro atoms. The molecule has 0 saturated carbocycles. The second-order valence-corrected chi connectivity index (χ2v) is 4.99. The Balaban J connectivity index is 1.93. The second kappa shape index (κ2) is 4.92. The highest BCUT2D eigenvalue weighted by molar-refractivity contribution is 5.69. The summed E-state index contributed by atoms with van der Waals surface area (Å²) in [5.41, 5.74) is 0. The van der Waals surface area contributed by atoms with Crippen molar-refractivity contribution in [2.45, 2.75) is 44.1 Å². The molecule has 2 saturated heterocycles. The predicted molar refractivity (Wildman–Crippen MR) is 61.5 cm³/mol. The molecule has 3 unspecified atom stereocenters. The van der Waals surface area contributed by atoms with Crippen LogP contribution in [-0.4, -0.2) is 56.1 Å². The van der Waals surface area contributed by atoms with Crippen molar-refractivity contribution in [1.29, 1.82) is 0 Å². The van der Waals surface area contributed by atoms with Crippen LogP contribution in [0, 0.1) is 0 Å². The average Bonchev–Trinajstić information content (AvgIpc) is 2.86. The molecule has 5 nitrogen and oxygen atoms in total. The molecule has 2 rings (SSSR count). The van der Waals surface area contributed by atoms with E-state index in [4.69, 9.17) is 9.47 Å². The van der Waals surface area contributed by atoms with Crippen molar-refractivity contribution >= 4 is 5.97 Å². The van der Waals surface area contributed by atoms with E-state index in [9.17, 15) is 4.79 Å². The summed E-state index contributed by atoms with van der Waals surface area (Å²) in [6.45, 7) is 3.52. The van der Waals surface area contributed by atoms with Crippen molar-refractivity contribution < 1.29 is 19.0 Å². The van der Waals surface area contributed by atoms with Gasteiger partial charge in [0.15, 0.2) is 5.79 Å². The Bertz CT molecular complexity index is 296. The Kier molecular flexibility index (Phi) is 3.70. The van der Waals surface area contributed by atoms with Gasteiger partial charge in [0, 0.05) is 0 Å². The highest BCUT2D eigenvalue weighted by Gasteiger charge is 2.47. The maximum absolute atomic E-state index is 11.2. The normalized spacial score (nSPS) is 38.5. The lowest BCUT2D eigenvalue weighted by Gasteiger charge is -2.34. The summed E-state index contributed by atoms with van der Waals surface area (Å²) >= 11 is 0. The number of esters is 1. The van der Waals surface area contributed by atoms with Crippen LogP contribution in [0.3, 0.4) is 0 Å². The van der Waals surface area contributed by atoms with E-state index in [1.165, 1.54) is 13.5 Å². The molecule has 2 heterocycles. The van der Waals surface area contributed by atoms with Gasteiger partial charge in [-0.15, -0.1) is 0 Å². The molecule has 3 atom stereocenters. The van der Waals surface area contributed by atoms with Gasteiger partial charge in [0.1, 0.15) is 0 Å². The minimum Gasteiger partial charge on any atom is -0.469 e. The van der Waals surface area contributed by atoms with E-state index in [1.54, 1.807) is 0 Å². The predicted octanol–water partition coefficient (Wildman–Crippen LogP) is 0.775. The van der Waals surface area contributed by atoms with E-state index >= 15 is 0 Å². The molecule has 2 aliphatic heterocycles. The first kappa shape index (κ1) is 12.8. The minimum absolute atomic E-state index is 0.179. The lowest BCUT2D eigenvalue weighted by atomic mass is 10.1. The number of ether oxygens (including phenoxy) is 3. The molecule has 5 heteroatoms. The SMILES string of the molecule is COC(=O)CC1COC(C)(C2CCCN2C)O1. The first-order chi connectivity index (χ1) is 8.05. The number of nitrogens with zero attached hydrogens (tertiary/aromatic N) is 1. The van der Waals surface area contributed by atoms with Gasteiger partial charge in [-0.05, 0) is 33.4 Å². The van der Waals surface area contributed by atoms with Crippen LogP contribution < -0.4 is 0 Å². The Labute approximate surface area is 102 Å². The zero-order chi connectivity index (χ0) is 12.5. The molecule has 0 aliphatic carbocycles. The number of carbonyl (C=O) groups excluding carboxylic acids is 1. The van der Waals surface area contributed by atoms with Gasteiger partial charge in [0.2, 0.25) is 0 Å². The number of hydrogen-bond donors (Lipinski definition) is 0. The van der Waals surface area contributed by atoms with Crippen molar-refractivity contribution in [3.63, 3.8) is 0 Å². The second-order valence-electron chi connectivity index (χ2n) is 4.99. The molecule has 0 aromatic carbocycles. The van der Waals surface area contributed by atoms with E-state index in [0.717, 1.165) is 13.0 Å². The minimum atomic E-state index is -0.579. The van der Waals surface area contributed by atoms with Crippen molar-refractivity contribution in [3.8, 4) is 0 Å². The molecule has 0 aromatic rings. The highest BCUT2D eigenvalue weighted by Crippen LogP contribution is 2.35. The maximum atomic E-state index is 11.2. The highest BCUT2D eigenvalue weighted by atomic mass is 16.7. The molecule has 0 bridgehead atoms. The Hall–Kier alpha value is -0.650. The summed E-state index contributed by atoms with van der Waals surface area (Å²) in [5.74, 6) is -0.827. The first-order valence-electron chi connectivity index (χ1n) is 6.14. The fourth-order valence-electron chi connectivity index (χ4n) is 2.77. The Morgan fingerprint density at radius 1 is 1.59 bits per heavy atom. The number of rotatable bonds is 3. The lowest BCUT2D eigenvalue weighted by molar-refractivity contribution is -0.191. The molecule has 0 amide bonds.